The highest BCUT2D eigenvalue weighted by atomic mass is 16.5. The Bertz CT molecular complexity index is 3570. The van der Waals surface area contributed by atoms with Crippen molar-refractivity contribution in [2.24, 2.45) is 0 Å². The van der Waals surface area contributed by atoms with E-state index in [4.69, 9.17) is 37.9 Å². The van der Waals surface area contributed by atoms with Crippen LogP contribution >= 0.6 is 0 Å². The molecule has 1 amide bonds. The quantitative estimate of drug-likeness (QED) is 0.165. The van der Waals surface area contributed by atoms with Crippen LogP contribution in [0.5, 0.6) is 34.5 Å². The van der Waals surface area contributed by atoms with E-state index in [0.717, 1.165) is 5.56 Å². The molecule has 1 N–H and O–H groups in total. The zero-order valence-corrected chi connectivity index (χ0v) is 49.4. The molecule has 0 unspecified atom stereocenters. The number of methoxy groups -OCH3 is 6. The second-order valence-corrected chi connectivity index (χ2v) is 21.5. The molecular formula is C61H67N7O15. The molecule has 2 fully saturated rings. The van der Waals surface area contributed by atoms with E-state index in [1.807, 2.05) is 46.7 Å². The van der Waals surface area contributed by atoms with E-state index < -0.39 is 54.0 Å². The van der Waals surface area contributed by atoms with Gasteiger partial charge in [-0.3, -0.25) is 43.4 Å². The molecule has 0 aromatic heterocycles. The van der Waals surface area contributed by atoms with Gasteiger partial charge in [-0.15, -0.1) is 0 Å². The number of hydrogen-bond acceptors (Lipinski definition) is 21. The number of Topliss-reactive ketones (excluding diaryl/α,β-unsaturated/α-hetero) is 4. The first-order valence-corrected chi connectivity index (χ1v) is 27.1. The van der Waals surface area contributed by atoms with Gasteiger partial charge in [0.05, 0.1) is 79.0 Å². The van der Waals surface area contributed by atoms with Gasteiger partial charge in [-0.2, -0.15) is 10.5 Å². The molecule has 2 saturated heterocycles. The number of amides is 1. The molecule has 0 spiro atoms. The number of nitrogens with zero attached hydrogens (tertiary/aromatic N) is 6. The molecule has 22 heteroatoms. The molecule has 6 aliphatic heterocycles. The fourth-order valence-corrected chi connectivity index (χ4v) is 13.9. The summed E-state index contributed by atoms with van der Waals surface area (Å²) in [7, 11) is 12.5. The van der Waals surface area contributed by atoms with Gasteiger partial charge in [-0.05, 0) is 73.2 Å². The molecule has 10 rings (SSSR count). The maximum atomic E-state index is 13.9. The third-order valence-corrected chi connectivity index (χ3v) is 17.3. The number of nitrogens with one attached hydrogen (secondary N) is 1. The summed E-state index contributed by atoms with van der Waals surface area (Å²) in [6.07, 6.45) is 4.66. The van der Waals surface area contributed by atoms with Crippen molar-refractivity contribution < 1.29 is 71.5 Å². The minimum absolute atomic E-state index is 0.0148. The third kappa shape index (κ3) is 8.75. The smallest absolute Gasteiger partial charge is 0.308 e. The molecule has 2 aliphatic carbocycles. The van der Waals surface area contributed by atoms with E-state index in [0.29, 0.717) is 91.1 Å². The summed E-state index contributed by atoms with van der Waals surface area (Å²) in [5.41, 5.74) is 6.64. The average Bonchev–Trinajstić information content (AvgIpc) is 0.950. The van der Waals surface area contributed by atoms with Crippen LogP contribution in [0.25, 0.3) is 12.2 Å². The van der Waals surface area contributed by atoms with Gasteiger partial charge in [-0.25, -0.2) is 0 Å². The number of esters is 2. The van der Waals surface area contributed by atoms with E-state index in [1.165, 1.54) is 56.3 Å². The summed E-state index contributed by atoms with van der Waals surface area (Å²) in [6, 6.07) is 0.266. The highest BCUT2D eigenvalue weighted by molar-refractivity contribution is 6.26. The number of ether oxygens (including phenoxy) is 8. The van der Waals surface area contributed by atoms with Gasteiger partial charge in [-0.1, -0.05) is 6.92 Å². The number of nitriles is 2. The number of likely N-dealkylation sites (N-methyl/N-ethyl adjacent to an activating group) is 2. The Labute approximate surface area is 481 Å². The van der Waals surface area contributed by atoms with Crippen molar-refractivity contribution in [3.05, 3.63) is 89.7 Å². The molecule has 4 bridgehead atoms. The molecule has 0 saturated carbocycles. The third-order valence-electron chi connectivity index (χ3n) is 17.3. The number of allylic oxidation sites excluding steroid dienone is 4. The van der Waals surface area contributed by atoms with Gasteiger partial charge in [0.2, 0.25) is 17.5 Å². The standard InChI is InChI=1S/C31H34N4O8.C30H33N3O7/c1-13-26(38)17-9-19-21(11-32)35-20(25(34(19)5)24(17)27(39)29(13)40-6)10-18-23(22(35)12-33-15(3)36)31(42-8)30(41-7)14(2)28(18)43-16(4)37;1-9-18-22-17(27(40-15(4)34)14(3)29(38-7)30(22)39-8)11-20-24-23-16(25(35)13(2)28(37-6)26(23)36)10-19(32(24)5)21(12-31)33(18)20/h10,19,21-22,25H,9,12H2,1-8H3,(H,33,36);11,18-19,21,24H,9-10H2,1-8H3/t19-,21-,22-,25-;18-,19-,21-,24-/m00/s1. The van der Waals surface area contributed by atoms with Crippen molar-refractivity contribution in [3.63, 3.8) is 0 Å². The number of rotatable bonds is 11. The van der Waals surface area contributed by atoms with Crippen LogP contribution in [-0.2, 0) is 43.0 Å². The van der Waals surface area contributed by atoms with Gasteiger partial charge in [0.1, 0.15) is 23.6 Å². The van der Waals surface area contributed by atoms with Crippen molar-refractivity contribution in [3.8, 4) is 46.6 Å². The lowest BCUT2D eigenvalue weighted by molar-refractivity contribution is -0.132. The lowest BCUT2D eigenvalue weighted by Crippen LogP contribution is -2.66. The van der Waals surface area contributed by atoms with E-state index in [9.17, 15) is 44.1 Å². The van der Waals surface area contributed by atoms with E-state index in [1.54, 1.807) is 40.9 Å². The molecule has 22 nitrogen and oxygen atoms in total. The second-order valence-electron chi connectivity index (χ2n) is 21.5. The van der Waals surface area contributed by atoms with Crippen LogP contribution in [0, 0.1) is 36.5 Å². The lowest BCUT2D eigenvalue weighted by atomic mass is 9.71. The number of benzene rings is 2. The summed E-state index contributed by atoms with van der Waals surface area (Å²) in [6.45, 7) is 12.8. The van der Waals surface area contributed by atoms with Crippen molar-refractivity contribution in [1.82, 2.24) is 24.9 Å². The Morgan fingerprint density at radius 2 is 0.940 bits per heavy atom. The van der Waals surface area contributed by atoms with Crippen LogP contribution < -0.4 is 33.7 Å². The molecule has 0 radical (unpaired) electrons. The van der Waals surface area contributed by atoms with Gasteiger partial charge in [0, 0.05) is 118 Å². The van der Waals surface area contributed by atoms with Crippen molar-refractivity contribution >= 4 is 53.1 Å². The van der Waals surface area contributed by atoms with Gasteiger partial charge >= 0.3 is 11.9 Å². The minimum Gasteiger partial charge on any atom is -0.492 e. The van der Waals surface area contributed by atoms with Crippen LogP contribution in [0.2, 0.25) is 0 Å². The van der Waals surface area contributed by atoms with Gasteiger partial charge < -0.3 is 53.0 Å². The topological polar surface area (TPSA) is 266 Å². The SMILES string of the molecule is CC[C@H]1c2c(c(OC(C)=O)c(C)c(OC)c2OC)C=C2[C@H]3C4=C(C[C@@H]([C@H](C#N)N21)N3C)C(=O)C(C)=C(OC)C4=O.COC1=C(C)C(=O)C2=C(C1=O)[C@@H]1C3=Cc4c(OC(C)=O)c(C)c(OC)c(OC)c4[C@H](CNC(C)=O)N3[C@@H](C#N)[C@H](C2)N1C. The fraction of sp³-hybridized carbons (Fsp3) is 0.459. The Morgan fingerprint density at radius 3 is 1.27 bits per heavy atom. The average molecular weight is 1140 g/mol. The zero-order chi connectivity index (χ0) is 60.7. The normalized spacial score (nSPS) is 24.9. The number of fused-ring (bicyclic) bond motifs is 12. The summed E-state index contributed by atoms with van der Waals surface area (Å²) in [5.74, 6) is -0.365. The maximum Gasteiger partial charge on any atom is 0.308 e. The van der Waals surface area contributed by atoms with Crippen molar-refractivity contribution in [1.29, 1.82) is 10.5 Å². The van der Waals surface area contributed by atoms with Crippen molar-refractivity contribution in [2.45, 2.75) is 123 Å². The highest BCUT2D eigenvalue weighted by Crippen LogP contribution is 2.58. The summed E-state index contributed by atoms with van der Waals surface area (Å²) in [5, 5.41) is 24.1. The number of carbonyl (C=O) groups excluding carboxylic acids is 7. The van der Waals surface area contributed by atoms with Crippen LogP contribution in [0.4, 0.5) is 0 Å². The van der Waals surface area contributed by atoms with Gasteiger partial charge in [0.25, 0.3) is 0 Å². The highest BCUT2D eigenvalue weighted by Gasteiger charge is 2.58. The maximum absolute atomic E-state index is 13.9. The Hall–Kier alpha value is -8.73. The Balaban J connectivity index is 0.000000200. The first kappa shape index (κ1) is 58.9. The van der Waals surface area contributed by atoms with Crippen LogP contribution in [0.1, 0.15) is 106 Å². The largest absolute Gasteiger partial charge is 0.492 e. The molecule has 8 aliphatic rings. The van der Waals surface area contributed by atoms with E-state index in [2.05, 4.69) is 17.5 Å². The molecule has 2 aromatic carbocycles. The molecule has 6 heterocycles. The van der Waals surface area contributed by atoms with Gasteiger partial charge in [0.15, 0.2) is 46.1 Å². The molecule has 83 heavy (non-hydrogen) atoms. The monoisotopic (exact) mass is 1140 g/mol. The lowest BCUT2D eigenvalue weighted by Gasteiger charge is -2.57. The number of piperazine rings is 2. The van der Waals surface area contributed by atoms with E-state index in [-0.39, 0.29) is 88.7 Å². The summed E-state index contributed by atoms with van der Waals surface area (Å²) >= 11 is 0. The van der Waals surface area contributed by atoms with E-state index >= 15 is 0 Å². The summed E-state index contributed by atoms with van der Waals surface area (Å²) in [4.78, 5) is 99.5. The molecule has 8 atom stereocenters. The number of ketones is 4. The second kappa shape index (κ2) is 22.2. The summed E-state index contributed by atoms with van der Waals surface area (Å²) < 4.78 is 45.5. The molecular weight excluding hydrogens is 1070 g/mol. The van der Waals surface area contributed by atoms with Crippen molar-refractivity contribution in [2.75, 3.05) is 63.3 Å². The van der Waals surface area contributed by atoms with Crippen LogP contribution in [-0.4, -0.2) is 160 Å². The predicted molar refractivity (Wildman–Crippen MR) is 297 cm³/mol. The first-order chi connectivity index (χ1) is 39.5. The van der Waals surface area contributed by atoms with Crippen LogP contribution in [0.15, 0.2) is 56.4 Å². The molecule has 436 valence electrons. The fourth-order valence-electron chi connectivity index (χ4n) is 13.9. The Morgan fingerprint density at radius 1 is 0.566 bits per heavy atom. The first-order valence-electron chi connectivity index (χ1n) is 27.1. The molecule has 2 aromatic rings. The minimum atomic E-state index is -0.793. The predicted octanol–water partition coefficient (Wildman–Crippen LogP) is 5.51. The Kier molecular flexibility index (Phi) is 15.8. The zero-order valence-electron chi connectivity index (χ0n) is 49.4. The van der Waals surface area contributed by atoms with Crippen LogP contribution in [0.3, 0.4) is 0 Å². The number of hydrogen-bond donors (Lipinski definition) is 1. The number of carbonyl (C=O) groups is 7.